The van der Waals surface area contributed by atoms with E-state index in [9.17, 15) is 17.3 Å². The van der Waals surface area contributed by atoms with Crippen LogP contribution in [0.15, 0.2) is 0 Å². The molecular formula is H3BF4LiN. The minimum absolute atomic E-state index is 0. The van der Waals surface area contributed by atoms with Crippen LogP contribution in [0, 0.1) is 0 Å². The van der Waals surface area contributed by atoms with Gasteiger partial charge in [0.2, 0.25) is 0 Å². The molecule has 0 heterocycles. The molecule has 0 fully saturated rings. The molecule has 0 aromatic heterocycles. The first-order valence-electron chi connectivity index (χ1n) is 0.873. The maximum absolute atomic E-state index is 9.75. The summed E-state index contributed by atoms with van der Waals surface area (Å²) in [7, 11) is -6.00. The van der Waals surface area contributed by atoms with Crippen molar-refractivity contribution in [3.8, 4) is 0 Å². The van der Waals surface area contributed by atoms with Crippen molar-refractivity contribution in [2.24, 2.45) is 0 Å². The smallest absolute Gasteiger partial charge is 0.418 e. The fraction of sp³-hybridized carbons (Fsp3) is 0. The zero-order chi connectivity index (χ0) is 4.50. The normalized spacial score (nSPS) is 8.57. The van der Waals surface area contributed by atoms with Gasteiger partial charge in [-0.05, 0) is 0 Å². The van der Waals surface area contributed by atoms with Gasteiger partial charge in [-0.1, -0.05) is 0 Å². The molecule has 40 valence electrons. The van der Waals surface area contributed by atoms with Crippen LogP contribution in [0.25, 0.3) is 0 Å². The van der Waals surface area contributed by atoms with Crippen molar-refractivity contribution in [1.29, 1.82) is 0 Å². The second kappa shape index (κ2) is 4.50. The Morgan fingerprint density at radius 3 is 0.857 bits per heavy atom. The minimum Gasteiger partial charge on any atom is -0.418 e. The summed E-state index contributed by atoms with van der Waals surface area (Å²) in [4.78, 5) is 0. The molecule has 0 radical (unpaired) electrons. The molecule has 0 aliphatic rings. The molecule has 7 heavy (non-hydrogen) atoms. The number of rotatable bonds is 0. The fourth-order valence-corrected chi connectivity index (χ4v) is 0. The molecule has 0 bridgehead atoms. The van der Waals surface area contributed by atoms with Crippen molar-refractivity contribution in [1.82, 2.24) is 6.15 Å². The first kappa shape index (κ1) is 15.7. The number of hydrogen-bond donors (Lipinski definition) is 1. The summed E-state index contributed by atoms with van der Waals surface area (Å²) in [5.41, 5.74) is 0. The Bertz CT molecular complexity index is 27.2. The van der Waals surface area contributed by atoms with Gasteiger partial charge in [-0.25, -0.2) is 0 Å². The summed E-state index contributed by atoms with van der Waals surface area (Å²) < 4.78 is 39.0. The van der Waals surface area contributed by atoms with Crippen LogP contribution in [-0.2, 0) is 0 Å². The summed E-state index contributed by atoms with van der Waals surface area (Å²) in [6, 6.07) is 0. The van der Waals surface area contributed by atoms with Crippen LogP contribution in [0.2, 0.25) is 0 Å². The summed E-state index contributed by atoms with van der Waals surface area (Å²) in [5.74, 6) is 0. The molecule has 0 rings (SSSR count). The fourth-order valence-electron chi connectivity index (χ4n) is 0. The van der Waals surface area contributed by atoms with Gasteiger partial charge in [0, 0.05) is 0 Å². The summed E-state index contributed by atoms with van der Waals surface area (Å²) >= 11 is 0. The van der Waals surface area contributed by atoms with Gasteiger partial charge in [0.1, 0.15) is 0 Å². The summed E-state index contributed by atoms with van der Waals surface area (Å²) in [6.45, 7) is 0. The molecule has 0 amide bonds. The van der Waals surface area contributed by atoms with Crippen LogP contribution >= 0.6 is 0 Å². The Balaban J connectivity index is -0.0000000800. The van der Waals surface area contributed by atoms with E-state index in [-0.39, 0.29) is 25.0 Å². The van der Waals surface area contributed by atoms with E-state index in [1.54, 1.807) is 0 Å². The van der Waals surface area contributed by atoms with Gasteiger partial charge in [-0.3, -0.25) is 0 Å². The predicted octanol–water partition coefficient (Wildman–Crippen LogP) is -1.53. The van der Waals surface area contributed by atoms with Crippen LogP contribution in [0.3, 0.4) is 0 Å². The molecule has 0 aliphatic heterocycles. The monoisotopic (exact) mass is 111 g/mol. The second-order valence-electron chi connectivity index (χ2n) is 0.495. The largest absolute Gasteiger partial charge is 1.00 e. The maximum atomic E-state index is 9.75. The SMILES string of the molecule is F[B-](F)(F)F.N.[Li+]. The molecule has 1 nitrogen and oxygen atoms in total. The van der Waals surface area contributed by atoms with Crippen molar-refractivity contribution in [3.05, 3.63) is 0 Å². The van der Waals surface area contributed by atoms with Crippen LogP contribution in [0.4, 0.5) is 17.3 Å². The molecule has 3 N–H and O–H groups in total. The number of hydrogen-bond acceptors (Lipinski definition) is 1. The Morgan fingerprint density at radius 2 is 0.857 bits per heavy atom. The Labute approximate surface area is 50.3 Å². The molecule has 0 saturated carbocycles. The van der Waals surface area contributed by atoms with E-state index >= 15 is 0 Å². The Morgan fingerprint density at radius 1 is 0.857 bits per heavy atom. The van der Waals surface area contributed by atoms with Gasteiger partial charge in [0.05, 0.1) is 0 Å². The van der Waals surface area contributed by atoms with Gasteiger partial charge >= 0.3 is 26.1 Å². The van der Waals surface area contributed by atoms with Crippen molar-refractivity contribution in [3.63, 3.8) is 0 Å². The third-order valence-corrected chi connectivity index (χ3v) is 0. The van der Waals surface area contributed by atoms with E-state index in [1.165, 1.54) is 0 Å². The second-order valence-corrected chi connectivity index (χ2v) is 0.495. The van der Waals surface area contributed by atoms with E-state index in [2.05, 4.69) is 0 Å². The van der Waals surface area contributed by atoms with Crippen LogP contribution in [0.5, 0.6) is 0 Å². The van der Waals surface area contributed by atoms with Gasteiger partial charge < -0.3 is 23.4 Å². The predicted molar refractivity (Wildman–Crippen MR) is 15.2 cm³/mol. The first-order valence-corrected chi connectivity index (χ1v) is 0.873. The summed E-state index contributed by atoms with van der Waals surface area (Å²) in [5, 5.41) is 0. The molecule has 0 spiro atoms. The van der Waals surface area contributed by atoms with Crippen molar-refractivity contribution in [2.75, 3.05) is 0 Å². The van der Waals surface area contributed by atoms with Crippen LogP contribution in [0.1, 0.15) is 0 Å². The van der Waals surface area contributed by atoms with Gasteiger partial charge in [0.25, 0.3) is 0 Å². The standard InChI is InChI=1S/BF4.Li.H3N/c2-1(3,4)5;;/h;;1H3/q-1;+1;. The zero-order valence-corrected chi connectivity index (χ0v) is 3.80. The maximum Gasteiger partial charge on any atom is 1.00 e. The van der Waals surface area contributed by atoms with Crippen molar-refractivity contribution < 1.29 is 36.1 Å². The first-order chi connectivity index (χ1) is 2.00. The molecule has 0 aliphatic carbocycles. The Kier molecular flexibility index (Phi) is 10.1. The average Bonchev–Trinajstić information content (AvgIpc) is 0.722. The van der Waals surface area contributed by atoms with E-state index in [1.807, 2.05) is 0 Å². The van der Waals surface area contributed by atoms with E-state index in [0.29, 0.717) is 0 Å². The summed E-state index contributed by atoms with van der Waals surface area (Å²) in [6.07, 6.45) is 0. The van der Waals surface area contributed by atoms with Gasteiger partial charge in [-0.2, -0.15) is 0 Å². The van der Waals surface area contributed by atoms with Crippen LogP contribution < -0.4 is 25.0 Å². The Hall–Kier alpha value is 0.342. The molecule has 0 unspecified atom stereocenters. The third-order valence-electron chi connectivity index (χ3n) is 0. The molecule has 0 aromatic rings. The van der Waals surface area contributed by atoms with E-state index in [0.717, 1.165) is 0 Å². The molecule has 7 heteroatoms. The zero-order valence-electron chi connectivity index (χ0n) is 3.80. The molecule has 0 aromatic carbocycles. The van der Waals surface area contributed by atoms with Gasteiger partial charge in [-0.15, -0.1) is 0 Å². The average molecular weight is 111 g/mol. The molecule has 0 atom stereocenters. The van der Waals surface area contributed by atoms with Crippen LogP contribution in [-0.4, -0.2) is 7.25 Å². The van der Waals surface area contributed by atoms with Crippen molar-refractivity contribution >= 4 is 7.25 Å². The minimum atomic E-state index is -6.00. The van der Waals surface area contributed by atoms with Crippen molar-refractivity contribution in [2.45, 2.75) is 0 Å². The number of halogens is 4. The quantitative estimate of drug-likeness (QED) is 0.298. The topological polar surface area (TPSA) is 35.0 Å². The third kappa shape index (κ3) is 1020. The van der Waals surface area contributed by atoms with E-state index in [4.69, 9.17) is 0 Å². The molecular weight excluding hydrogens is 108 g/mol. The molecule has 0 saturated heterocycles. The van der Waals surface area contributed by atoms with Gasteiger partial charge in [0.15, 0.2) is 0 Å². The van der Waals surface area contributed by atoms with E-state index < -0.39 is 7.25 Å².